The van der Waals surface area contributed by atoms with Crippen LogP contribution in [0, 0.1) is 18.6 Å². The molecule has 2 N–H and O–H groups in total. The maximum absolute atomic E-state index is 13.8. The van der Waals surface area contributed by atoms with Gasteiger partial charge in [0.25, 0.3) is 0 Å². The van der Waals surface area contributed by atoms with Crippen LogP contribution in [0.3, 0.4) is 0 Å². The minimum absolute atomic E-state index is 0.0311. The van der Waals surface area contributed by atoms with Gasteiger partial charge >= 0.3 is 0 Å². The van der Waals surface area contributed by atoms with E-state index in [1.165, 1.54) is 24.3 Å². The molecule has 2 rings (SSSR count). The van der Waals surface area contributed by atoms with Gasteiger partial charge in [-0.2, -0.15) is 0 Å². The van der Waals surface area contributed by atoms with Crippen molar-refractivity contribution in [1.82, 2.24) is 0 Å². The molecule has 0 bridgehead atoms. The largest absolute Gasteiger partial charge is 0.398 e. The highest BCUT2D eigenvalue weighted by Gasteiger charge is 2.13. The van der Waals surface area contributed by atoms with Crippen molar-refractivity contribution in [2.45, 2.75) is 6.92 Å². The van der Waals surface area contributed by atoms with Gasteiger partial charge in [0.15, 0.2) is 0 Å². The molecule has 17 heavy (non-hydrogen) atoms. The topological polar surface area (TPSA) is 26.0 Å². The van der Waals surface area contributed by atoms with Crippen molar-refractivity contribution < 1.29 is 8.78 Å². The van der Waals surface area contributed by atoms with Gasteiger partial charge in [-0.05, 0) is 30.7 Å². The summed E-state index contributed by atoms with van der Waals surface area (Å²) in [5.41, 5.74) is 6.91. The molecule has 0 saturated heterocycles. The van der Waals surface area contributed by atoms with Crippen LogP contribution in [0.5, 0.6) is 0 Å². The summed E-state index contributed by atoms with van der Waals surface area (Å²) in [6, 6.07) is 7.17. The summed E-state index contributed by atoms with van der Waals surface area (Å²) in [5, 5.41) is -0.0311. The van der Waals surface area contributed by atoms with E-state index in [4.69, 9.17) is 17.3 Å². The molecule has 88 valence electrons. The summed E-state index contributed by atoms with van der Waals surface area (Å²) in [6.07, 6.45) is 0. The highest BCUT2D eigenvalue weighted by Crippen LogP contribution is 2.31. The maximum atomic E-state index is 13.8. The lowest BCUT2D eigenvalue weighted by molar-refractivity contribution is 0.616. The van der Waals surface area contributed by atoms with Crippen LogP contribution < -0.4 is 5.73 Å². The lowest BCUT2D eigenvalue weighted by Gasteiger charge is -2.09. The van der Waals surface area contributed by atoms with Crippen LogP contribution in [-0.2, 0) is 0 Å². The second kappa shape index (κ2) is 4.34. The number of halogens is 3. The first-order chi connectivity index (χ1) is 8.00. The number of rotatable bonds is 1. The van der Waals surface area contributed by atoms with Crippen LogP contribution in [0.4, 0.5) is 14.5 Å². The normalized spacial score (nSPS) is 10.6. The number of aryl methyl sites for hydroxylation is 1. The fourth-order valence-corrected chi connectivity index (χ4v) is 1.79. The molecule has 2 aromatic carbocycles. The zero-order chi connectivity index (χ0) is 12.6. The van der Waals surface area contributed by atoms with Gasteiger partial charge in [-0.25, -0.2) is 8.78 Å². The number of hydrogen-bond acceptors (Lipinski definition) is 1. The van der Waals surface area contributed by atoms with Crippen LogP contribution in [0.2, 0.25) is 5.02 Å². The second-order valence-electron chi connectivity index (χ2n) is 3.79. The molecule has 0 spiro atoms. The first kappa shape index (κ1) is 11.9. The van der Waals surface area contributed by atoms with Gasteiger partial charge in [-0.3, -0.25) is 0 Å². The average molecular weight is 254 g/mol. The third-order valence-corrected chi connectivity index (χ3v) is 2.89. The first-order valence-corrected chi connectivity index (χ1v) is 5.38. The molecule has 0 unspecified atom stereocenters. The summed E-state index contributed by atoms with van der Waals surface area (Å²) in [4.78, 5) is 0. The van der Waals surface area contributed by atoms with Crippen LogP contribution in [0.1, 0.15) is 5.56 Å². The quantitative estimate of drug-likeness (QED) is 0.758. The Bertz CT molecular complexity index is 582. The number of benzene rings is 2. The average Bonchev–Trinajstić information content (AvgIpc) is 2.28. The lowest BCUT2D eigenvalue weighted by Crippen LogP contribution is -1.95. The van der Waals surface area contributed by atoms with E-state index in [-0.39, 0.29) is 16.1 Å². The molecule has 0 heterocycles. The van der Waals surface area contributed by atoms with Crippen molar-refractivity contribution >= 4 is 17.3 Å². The molecule has 0 fully saturated rings. The van der Waals surface area contributed by atoms with Gasteiger partial charge in [0.1, 0.15) is 11.6 Å². The zero-order valence-electron chi connectivity index (χ0n) is 9.10. The van der Waals surface area contributed by atoms with Crippen molar-refractivity contribution in [2.24, 2.45) is 0 Å². The molecule has 1 nitrogen and oxygen atoms in total. The molecular weight excluding hydrogens is 244 g/mol. The monoisotopic (exact) mass is 253 g/mol. The van der Waals surface area contributed by atoms with Crippen LogP contribution in [0.15, 0.2) is 30.3 Å². The molecule has 0 radical (unpaired) electrons. The molecule has 0 aromatic heterocycles. The van der Waals surface area contributed by atoms with Gasteiger partial charge < -0.3 is 5.73 Å². The van der Waals surface area contributed by atoms with E-state index in [9.17, 15) is 8.78 Å². The molecule has 2 aromatic rings. The van der Waals surface area contributed by atoms with E-state index in [0.717, 1.165) is 0 Å². The van der Waals surface area contributed by atoms with Gasteiger partial charge in [-0.15, -0.1) is 0 Å². The first-order valence-electron chi connectivity index (χ1n) is 5.00. The maximum Gasteiger partial charge on any atom is 0.149 e. The second-order valence-corrected chi connectivity index (χ2v) is 4.20. The van der Waals surface area contributed by atoms with Crippen LogP contribution in [-0.4, -0.2) is 0 Å². The molecule has 0 atom stereocenters. The smallest absolute Gasteiger partial charge is 0.149 e. The Balaban J connectivity index is 2.69. The Morgan fingerprint density at radius 1 is 1.12 bits per heavy atom. The number of nitrogens with two attached hydrogens (primary N) is 1. The van der Waals surface area contributed by atoms with Crippen molar-refractivity contribution in [2.75, 3.05) is 5.73 Å². The van der Waals surface area contributed by atoms with E-state index >= 15 is 0 Å². The van der Waals surface area contributed by atoms with Crippen LogP contribution in [0.25, 0.3) is 11.1 Å². The molecule has 0 aliphatic heterocycles. The Morgan fingerprint density at radius 3 is 2.53 bits per heavy atom. The van der Waals surface area contributed by atoms with Crippen molar-refractivity contribution in [3.8, 4) is 11.1 Å². The Morgan fingerprint density at radius 2 is 1.82 bits per heavy atom. The summed E-state index contributed by atoms with van der Waals surface area (Å²) in [5.74, 6) is -1.19. The predicted octanol–water partition coefficient (Wildman–Crippen LogP) is 4.18. The van der Waals surface area contributed by atoms with Crippen molar-refractivity contribution in [3.05, 3.63) is 52.6 Å². The Hall–Kier alpha value is -1.61. The fourth-order valence-electron chi connectivity index (χ4n) is 1.62. The Kier molecular flexibility index (Phi) is 3.03. The predicted molar refractivity (Wildman–Crippen MR) is 66.0 cm³/mol. The van der Waals surface area contributed by atoms with Gasteiger partial charge in [0.2, 0.25) is 0 Å². The van der Waals surface area contributed by atoms with Gasteiger partial charge in [0, 0.05) is 16.8 Å². The number of hydrogen-bond donors (Lipinski definition) is 1. The summed E-state index contributed by atoms with van der Waals surface area (Å²) >= 11 is 5.66. The molecule has 4 heteroatoms. The zero-order valence-corrected chi connectivity index (χ0v) is 9.85. The molecular formula is C13H10ClF2N. The minimum atomic E-state index is -0.628. The molecule has 0 aliphatic carbocycles. The summed E-state index contributed by atoms with van der Waals surface area (Å²) in [6.45, 7) is 1.74. The summed E-state index contributed by atoms with van der Waals surface area (Å²) < 4.78 is 27.5. The molecule has 0 aliphatic rings. The summed E-state index contributed by atoms with van der Waals surface area (Å²) in [7, 11) is 0. The fraction of sp³-hybridized carbons (Fsp3) is 0.0769. The van der Waals surface area contributed by atoms with E-state index in [1.807, 2.05) is 0 Å². The van der Waals surface area contributed by atoms with Crippen molar-refractivity contribution in [3.63, 3.8) is 0 Å². The number of anilines is 1. The van der Waals surface area contributed by atoms with Gasteiger partial charge in [0.05, 0.1) is 5.02 Å². The van der Waals surface area contributed by atoms with E-state index in [2.05, 4.69) is 0 Å². The standard InChI is InChI=1S/C13H10ClF2N/c1-7-5-9(11(15)6-12(7)17)8-3-2-4-10(14)13(8)16/h2-6H,17H2,1H3. The SMILES string of the molecule is Cc1cc(-c2cccc(Cl)c2F)c(F)cc1N. The van der Waals surface area contributed by atoms with E-state index < -0.39 is 11.6 Å². The van der Waals surface area contributed by atoms with Crippen molar-refractivity contribution in [1.29, 1.82) is 0 Å². The molecule has 0 saturated carbocycles. The lowest BCUT2D eigenvalue weighted by atomic mass is 10.0. The van der Waals surface area contributed by atoms with E-state index in [0.29, 0.717) is 11.3 Å². The van der Waals surface area contributed by atoms with Crippen LogP contribution >= 0.6 is 11.6 Å². The minimum Gasteiger partial charge on any atom is -0.398 e. The van der Waals surface area contributed by atoms with E-state index in [1.54, 1.807) is 13.0 Å². The highest BCUT2D eigenvalue weighted by atomic mass is 35.5. The third-order valence-electron chi connectivity index (χ3n) is 2.60. The highest BCUT2D eigenvalue weighted by molar-refractivity contribution is 6.31. The number of nitrogen functional groups attached to an aromatic ring is 1. The molecule has 0 amide bonds. The third kappa shape index (κ3) is 2.11. The van der Waals surface area contributed by atoms with Gasteiger partial charge in [-0.1, -0.05) is 23.7 Å². The Labute approximate surface area is 103 Å².